The predicted molar refractivity (Wildman–Crippen MR) is 64.3 cm³/mol. The molecule has 0 spiro atoms. The van der Waals surface area contributed by atoms with Crippen LogP contribution in [0.1, 0.15) is 12.7 Å². The van der Waals surface area contributed by atoms with E-state index in [4.69, 9.17) is 5.11 Å². The summed E-state index contributed by atoms with van der Waals surface area (Å²) in [5.74, 6) is -0.0909. The van der Waals surface area contributed by atoms with E-state index in [1.807, 2.05) is 6.92 Å². The third-order valence-electron chi connectivity index (χ3n) is 2.11. The van der Waals surface area contributed by atoms with Crippen LogP contribution in [0.3, 0.4) is 0 Å². The quantitative estimate of drug-likeness (QED) is 0.700. The zero-order valence-corrected chi connectivity index (χ0v) is 9.64. The minimum absolute atomic E-state index is 0.217. The van der Waals surface area contributed by atoms with Crippen molar-refractivity contribution in [3.63, 3.8) is 0 Å². The molecule has 0 saturated heterocycles. The molecule has 0 amide bonds. The molecule has 2 N–H and O–H groups in total. The lowest BCUT2D eigenvalue weighted by molar-refractivity contribution is -0.135. The van der Waals surface area contributed by atoms with Crippen molar-refractivity contribution in [2.75, 3.05) is 18.0 Å². The van der Waals surface area contributed by atoms with Crippen molar-refractivity contribution in [2.24, 2.45) is 0 Å². The number of nitrogens with one attached hydrogen (secondary N) is 1. The Morgan fingerprint density at radius 3 is 2.94 bits per heavy atom. The molecule has 6 nitrogen and oxygen atoms in total. The van der Waals surface area contributed by atoms with E-state index < -0.39 is 5.97 Å². The molecular weight excluding hydrogens is 222 g/mol. The maximum atomic E-state index is 11.4. The van der Waals surface area contributed by atoms with Gasteiger partial charge in [-0.25, -0.2) is 4.98 Å². The average molecular weight is 237 g/mol. The molecule has 1 aromatic rings. The van der Waals surface area contributed by atoms with E-state index in [1.54, 1.807) is 6.08 Å². The van der Waals surface area contributed by atoms with E-state index in [9.17, 15) is 9.59 Å². The second-order valence-electron chi connectivity index (χ2n) is 3.47. The van der Waals surface area contributed by atoms with Crippen molar-refractivity contribution in [1.82, 2.24) is 9.97 Å². The Hall–Kier alpha value is -2.11. The fourth-order valence-electron chi connectivity index (χ4n) is 1.38. The molecule has 0 aliphatic carbocycles. The minimum atomic E-state index is -0.980. The summed E-state index contributed by atoms with van der Waals surface area (Å²) in [6.45, 7) is 5.52. The molecule has 0 aliphatic rings. The number of hydrogen-bond acceptors (Lipinski definition) is 4. The summed E-state index contributed by atoms with van der Waals surface area (Å²) in [6.07, 6.45) is 2.15. The van der Waals surface area contributed by atoms with Gasteiger partial charge < -0.3 is 15.0 Å². The Morgan fingerprint density at radius 2 is 2.41 bits per heavy atom. The van der Waals surface area contributed by atoms with Crippen LogP contribution in [-0.4, -0.2) is 34.1 Å². The van der Waals surface area contributed by atoms with Crippen LogP contribution in [0.4, 0.5) is 5.82 Å². The molecule has 0 aromatic carbocycles. The van der Waals surface area contributed by atoms with Crippen molar-refractivity contribution in [1.29, 1.82) is 0 Å². The van der Waals surface area contributed by atoms with Crippen molar-refractivity contribution in [3.05, 3.63) is 34.9 Å². The standard InChI is InChI=1S/C11H15N3O3/c1-3-5-14(7-11(16)17)9-6-10(15)13-8(4-2)12-9/h3,6H,1,4-5,7H2,2H3,(H,16,17)(H,12,13,15). The van der Waals surface area contributed by atoms with Crippen LogP contribution < -0.4 is 10.5 Å². The molecule has 0 fully saturated rings. The molecule has 0 radical (unpaired) electrons. The number of H-pyrrole nitrogens is 1. The summed E-state index contributed by atoms with van der Waals surface area (Å²) in [5, 5.41) is 8.78. The molecule has 1 rings (SSSR count). The topological polar surface area (TPSA) is 86.3 Å². The van der Waals surface area contributed by atoms with Crippen LogP contribution >= 0.6 is 0 Å². The number of anilines is 1. The van der Waals surface area contributed by atoms with Gasteiger partial charge in [0.2, 0.25) is 0 Å². The molecular formula is C11H15N3O3. The van der Waals surface area contributed by atoms with Gasteiger partial charge in [0.15, 0.2) is 0 Å². The Bertz CT molecular complexity index is 467. The highest BCUT2D eigenvalue weighted by molar-refractivity contribution is 5.73. The molecule has 6 heteroatoms. The number of carbonyl (C=O) groups is 1. The van der Waals surface area contributed by atoms with E-state index in [1.165, 1.54) is 11.0 Å². The third-order valence-corrected chi connectivity index (χ3v) is 2.11. The Kier molecular flexibility index (Phi) is 4.45. The largest absolute Gasteiger partial charge is 0.480 e. The first-order chi connectivity index (χ1) is 8.06. The number of nitrogens with zero attached hydrogens (tertiary/aromatic N) is 2. The van der Waals surface area contributed by atoms with Crippen molar-refractivity contribution >= 4 is 11.8 Å². The molecule has 17 heavy (non-hydrogen) atoms. The zero-order valence-electron chi connectivity index (χ0n) is 9.64. The monoisotopic (exact) mass is 237 g/mol. The van der Waals surface area contributed by atoms with Crippen LogP contribution in [0.25, 0.3) is 0 Å². The summed E-state index contributed by atoms with van der Waals surface area (Å²) < 4.78 is 0. The van der Waals surface area contributed by atoms with Gasteiger partial charge in [-0.1, -0.05) is 13.0 Å². The highest BCUT2D eigenvalue weighted by Gasteiger charge is 2.12. The lowest BCUT2D eigenvalue weighted by Crippen LogP contribution is -2.32. The van der Waals surface area contributed by atoms with Gasteiger partial charge in [-0.05, 0) is 0 Å². The lowest BCUT2D eigenvalue weighted by Gasteiger charge is -2.19. The first-order valence-electron chi connectivity index (χ1n) is 5.24. The number of hydrogen-bond donors (Lipinski definition) is 2. The summed E-state index contributed by atoms with van der Waals surface area (Å²) in [7, 11) is 0. The van der Waals surface area contributed by atoms with E-state index in [0.717, 1.165) is 0 Å². The van der Waals surface area contributed by atoms with E-state index in [-0.39, 0.29) is 12.1 Å². The number of aryl methyl sites for hydroxylation is 1. The smallest absolute Gasteiger partial charge is 0.323 e. The summed E-state index contributed by atoms with van der Waals surface area (Å²) in [5.41, 5.74) is -0.286. The summed E-state index contributed by atoms with van der Waals surface area (Å²) in [6, 6.07) is 1.28. The molecule has 0 aliphatic heterocycles. The van der Waals surface area contributed by atoms with Crippen LogP contribution in [0.2, 0.25) is 0 Å². The lowest BCUT2D eigenvalue weighted by atomic mass is 10.4. The second-order valence-corrected chi connectivity index (χ2v) is 3.47. The number of aromatic amines is 1. The Morgan fingerprint density at radius 1 is 1.71 bits per heavy atom. The molecule has 92 valence electrons. The van der Waals surface area contributed by atoms with Crippen LogP contribution in [0, 0.1) is 0 Å². The molecule has 0 saturated carbocycles. The third kappa shape index (κ3) is 3.75. The average Bonchev–Trinajstić information content (AvgIpc) is 2.27. The molecule has 0 bridgehead atoms. The molecule has 0 atom stereocenters. The summed E-state index contributed by atoms with van der Waals surface area (Å²) >= 11 is 0. The number of aromatic nitrogens is 2. The molecule has 0 unspecified atom stereocenters. The normalized spacial score (nSPS) is 9.94. The van der Waals surface area contributed by atoms with Gasteiger partial charge >= 0.3 is 5.97 Å². The maximum absolute atomic E-state index is 11.4. The number of aliphatic carboxylic acids is 1. The van der Waals surface area contributed by atoms with Gasteiger partial charge in [-0.15, -0.1) is 6.58 Å². The fraction of sp³-hybridized carbons (Fsp3) is 0.364. The predicted octanol–water partition coefficient (Wildman–Crippen LogP) is 0.409. The number of rotatable bonds is 6. The Labute approximate surface area is 98.6 Å². The maximum Gasteiger partial charge on any atom is 0.323 e. The molecule has 1 heterocycles. The van der Waals surface area contributed by atoms with E-state index >= 15 is 0 Å². The van der Waals surface area contributed by atoms with E-state index in [2.05, 4.69) is 16.5 Å². The first kappa shape index (κ1) is 13.0. The van der Waals surface area contributed by atoms with E-state index in [0.29, 0.717) is 24.6 Å². The van der Waals surface area contributed by atoms with Crippen molar-refractivity contribution in [2.45, 2.75) is 13.3 Å². The minimum Gasteiger partial charge on any atom is -0.480 e. The van der Waals surface area contributed by atoms with Gasteiger partial charge in [-0.2, -0.15) is 0 Å². The van der Waals surface area contributed by atoms with Gasteiger partial charge in [0.1, 0.15) is 18.2 Å². The van der Waals surface area contributed by atoms with Crippen molar-refractivity contribution in [3.8, 4) is 0 Å². The highest BCUT2D eigenvalue weighted by Crippen LogP contribution is 2.07. The number of carboxylic acids is 1. The zero-order chi connectivity index (χ0) is 12.8. The Balaban J connectivity index is 3.07. The molecule has 1 aromatic heterocycles. The van der Waals surface area contributed by atoms with Gasteiger partial charge in [0.25, 0.3) is 5.56 Å². The van der Waals surface area contributed by atoms with Crippen LogP contribution in [0.5, 0.6) is 0 Å². The summed E-state index contributed by atoms with van der Waals surface area (Å²) in [4.78, 5) is 30.3. The van der Waals surface area contributed by atoms with Crippen molar-refractivity contribution < 1.29 is 9.90 Å². The fourth-order valence-corrected chi connectivity index (χ4v) is 1.38. The van der Waals surface area contributed by atoms with Crippen LogP contribution in [-0.2, 0) is 11.2 Å². The second kappa shape index (κ2) is 5.83. The van der Waals surface area contributed by atoms with Gasteiger partial charge in [0, 0.05) is 19.0 Å². The first-order valence-corrected chi connectivity index (χ1v) is 5.24. The van der Waals surface area contributed by atoms with Crippen LogP contribution in [0.15, 0.2) is 23.5 Å². The number of carboxylic acid groups (broad SMARTS) is 1. The highest BCUT2D eigenvalue weighted by atomic mass is 16.4. The SMILES string of the molecule is C=CCN(CC(=O)O)c1cc(=O)[nH]c(CC)n1. The van der Waals surface area contributed by atoms with Gasteiger partial charge in [-0.3, -0.25) is 9.59 Å². The van der Waals surface area contributed by atoms with Gasteiger partial charge in [0.05, 0.1) is 0 Å².